The number of nitro benzene ring substituents is 1. The maximum Gasteiger partial charge on any atom is 0.309 e. The Kier molecular flexibility index (Phi) is 4.82. The molecule has 0 saturated heterocycles. The van der Waals surface area contributed by atoms with Crippen LogP contribution in [0.3, 0.4) is 0 Å². The Morgan fingerprint density at radius 3 is 2.64 bits per heavy atom. The first kappa shape index (κ1) is 15.6. The molecular formula is C14H15N3O5. The lowest BCUT2D eigenvalue weighted by molar-refractivity contribution is -0.384. The molecule has 0 fully saturated rings. The van der Waals surface area contributed by atoms with E-state index >= 15 is 0 Å². The number of esters is 1. The van der Waals surface area contributed by atoms with Crippen molar-refractivity contribution in [2.45, 2.75) is 26.9 Å². The predicted molar refractivity (Wildman–Crippen MR) is 75.6 cm³/mol. The predicted octanol–water partition coefficient (Wildman–Crippen LogP) is 2.73. The second-order valence-electron chi connectivity index (χ2n) is 4.72. The molecule has 0 bridgehead atoms. The topological polar surface area (TPSA) is 108 Å². The lowest BCUT2D eigenvalue weighted by Gasteiger charge is -2.06. The normalized spacial score (nSPS) is 11.9. The number of aromatic nitrogens is 2. The van der Waals surface area contributed by atoms with Crippen LogP contribution in [0.5, 0.6) is 0 Å². The van der Waals surface area contributed by atoms with Gasteiger partial charge >= 0.3 is 5.97 Å². The van der Waals surface area contributed by atoms with Gasteiger partial charge in [-0.15, -0.1) is 10.2 Å². The van der Waals surface area contributed by atoms with Crippen LogP contribution in [0.4, 0.5) is 5.69 Å². The van der Waals surface area contributed by atoms with Gasteiger partial charge in [-0.1, -0.05) is 13.8 Å². The molecule has 0 amide bonds. The first-order valence-electron chi connectivity index (χ1n) is 6.75. The Balaban J connectivity index is 2.02. The van der Waals surface area contributed by atoms with E-state index in [-0.39, 0.29) is 36.0 Å². The van der Waals surface area contributed by atoms with Gasteiger partial charge in [-0.05, 0) is 18.6 Å². The fourth-order valence-electron chi connectivity index (χ4n) is 1.60. The van der Waals surface area contributed by atoms with Crippen molar-refractivity contribution in [3.63, 3.8) is 0 Å². The van der Waals surface area contributed by atoms with Crippen LogP contribution in [-0.4, -0.2) is 21.1 Å². The Morgan fingerprint density at radius 1 is 1.36 bits per heavy atom. The highest BCUT2D eigenvalue weighted by atomic mass is 16.6. The molecule has 22 heavy (non-hydrogen) atoms. The molecule has 0 aliphatic carbocycles. The fraction of sp³-hybridized carbons (Fsp3) is 0.357. The Labute approximate surface area is 126 Å². The largest absolute Gasteiger partial charge is 0.455 e. The van der Waals surface area contributed by atoms with Gasteiger partial charge in [0, 0.05) is 17.7 Å². The number of non-ortho nitro benzene ring substituents is 1. The second kappa shape index (κ2) is 6.79. The zero-order valence-corrected chi connectivity index (χ0v) is 12.2. The van der Waals surface area contributed by atoms with Crippen LogP contribution in [0, 0.1) is 16.0 Å². The molecule has 8 heteroatoms. The number of nitrogens with zero attached hydrogens (tertiary/aromatic N) is 3. The summed E-state index contributed by atoms with van der Waals surface area (Å²) in [5, 5.41) is 18.2. The molecular weight excluding hydrogens is 290 g/mol. The Morgan fingerprint density at radius 2 is 2.05 bits per heavy atom. The molecule has 1 aromatic heterocycles. The quantitative estimate of drug-likeness (QED) is 0.458. The van der Waals surface area contributed by atoms with Gasteiger partial charge in [-0.3, -0.25) is 14.9 Å². The standard InChI is InChI=1S/C14H15N3O5/c1-3-9(2)14(18)21-8-12-15-16-13(22-12)10-4-6-11(7-5-10)17(19)20/h4-7,9H,3,8H2,1-2H3/t9-/m1/s1. The number of rotatable bonds is 6. The van der Waals surface area contributed by atoms with Crippen molar-refractivity contribution >= 4 is 11.7 Å². The monoisotopic (exact) mass is 305 g/mol. The van der Waals surface area contributed by atoms with Crippen LogP contribution in [0.15, 0.2) is 28.7 Å². The number of carbonyl (C=O) groups is 1. The summed E-state index contributed by atoms with van der Waals surface area (Å²) in [5.74, 6) is -0.121. The molecule has 1 heterocycles. The van der Waals surface area contributed by atoms with E-state index in [4.69, 9.17) is 9.15 Å². The van der Waals surface area contributed by atoms with Crippen LogP contribution < -0.4 is 0 Å². The molecule has 0 aliphatic heterocycles. The maximum absolute atomic E-state index is 11.5. The van der Waals surface area contributed by atoms with Crippen molar-refractivity contribution in [3.8, 4) is 11.5 Å². The van der Waals surface area contributed by atoms with Gasteiger partial charge in [0.1, 0.15) is 0 Å². The van der Waals surface area contributed by atoms with Crippen LogP contribution >= 0.6 is 0 Å². The highest BCUT2D eigenvalue weighted by Gasteiger charge is 2.15. The van der Waals surface area contributed by atoms with E-state index in [1.165, 1.54) is 24.3 Å². The van der Waals surface area contributed by atoms with Crippen molar-refractivity contribution in [2.24, 2.45) is 5.92 Å². The SMILES string of the molecule is CC[C@@H](C)C(=O)OCc1nnc(-c2ccc([N+](=O)[O-])cc2)o1. The van der Waals surface area contributed by atoms with Gasteiger partial charge in [0.25, 0.3) is 11.6 Å². The van der Waals surface area contributed by atoms with E-state index in [9.17, 15) is 14.9 Å². The average molecular weight is 305 g/mol. The van der Waals surface area contributed by atoms with Gasteiger partial charge in [0.05, 0.1) is 10.8 Å². The smallest absolute Gasteiger partial charge is 0.309 e. The number of carbonyl (C=O) groups excluding carboxylic acids is 1. The van der Waals surface area contributed by atoms with Crippen LogP contribution in [-0.2, 0) is 16.1 Å². The van der Waals surface area contributed by atoms with Crippen LogP contribution in [0.2, 0.25) is 0 Å². The van der Waals surface area contributed by atoms with E-state index in [1.54, 1.807) is 6.92 Å². The lowest BCUT2D eigenvalue weighted by atomic mass is 10.1. The van der Waals surface area contributed by atoms with Crippen molar-refractivity contribution in [1.29, 1.82) is 0 Å². The van der Waals surface area contributed by atoms with E-state index in [2.05, 4.69) is 10.2 Å². The van der Waals surface area contributed by atoms with Crippen LogP contribution in [0.1, 0.15) is 26.2 Å². The molecule has 1 atom stereocenters. The second-order valence-corrected chi connectivity index (χ2v) is 4.72. The number of nitro groups is 1. The molecule has 116 valence electrons. The Hall–Kier alpha value is -2.77. The third-order valence-electron chi connectivity index (χ3n) is 3.14. The summed E-state index contributed by atoms with van der Waals surface area (Å²) in [6, 6.07) is 5.73. The number of benzene rings is 1. The van der Waals surface area contributed by atoms with Crippen molar-refractivity contribution in [2.75, 3.05) is 0 Å². The number of ether oxygens (including phenoxy) is 1. The van der Waals surface area contributed by atoms with Crippen LogP contribution in [0.25, 0.3) is 11.5 Å². The minimum Gasteiger partial charge on any atom is -0.455 e. The summed E-state index contributed by atoms with van der Waals surface area (Å²) in [4.78, 5) is 21.6. The minimum atomic E-state index is -0.489. The maximum atomic E-state index is 11.5. The first-order chi connectivity index (χ1) is 10.5. The van der Waals surface area contributed by atoms with Crippen molar-refractivity contribution in [3.05, 3.63) is 40.3 Å². The zero-order chi connectivity index (χ0) is 16.1. The molecule has 0 unspecified atom stereocenters. The summed E-state index contributed by atoms with van der Waals surface area (Å²) in [6.45, 7) is 3.58. The molecule has 2 aromatic rings. The third kappa shape index (κ3) is 3.66. The van der Waals surface area contributed by atoms with Gasteiger partial charge in [-0.2, -0.15) is 0 Å². The Bertz CT molecular complexity index is 665. The number of hydrogen-bond acceptors (Lipinski definition) is 7. The highest BCUT2D eigenvalue weighted by Crippen LogP contribution is 2.21. The molecule has 0 spiro atoms. The minimum absolute atomic E-state index is 0.0222. The molecule has 0 saturated carbocycles. The molecule has 8 nitrogen and oxygen atoms in total. The van der Waals surface area contributed by atoms with E-state index in [0.717, 1.165) is 0 Å². The van der Waals surface area contributed by atoms with Gasteiger partial charge in [-0.25, -0.2) is 0 Å². The lowest BCUT2D eigenvalue weighted by Crippen LogP contribution is -2.13. The molecule has 2 rings (SSSR count). The third-order valence-corrected chi connectivity index (χ3v) is 3.14. The van der Waals surface area contributed by atoms with Gasteiger partial charge < -0.3 is 9.15 Å². The van der Waals surface area contributed by atoms with E-state index in [0.29, 0.717) is 12.0 Å². The molecule has 0 aliphatic rings. The summed E-state index contributed by atoms with van der Waals surface area (Å²) in [7, 11) is 0. The molecule has 0 radical (unpaired) electrons. The van der Waals surface area contributed by atoms with E-state index in [1.807, 2.05) is 6.92 Å². The zero-order valence-electron chi connectivity index (χ0n) is 12.2. The first-order valence-corrected chi connectivity index (χ1v) is 6.75. The van der Waals surface area contributed by atoms with Gasteiger partial charge in [0.15, 0.2) is 6.61 Å². The summed E-state index contributed by atoms with van der Waals surface area (Å²) in [6.07, 6.45) is 0.691. The fourth-order valence-corrected chi connectivity index (χ4v) is 1.60. The van der Waals surface area contributed by atoms with Crippen molar-refractivity contribution < 1.29 is 18.9 Å². The van der Waals surface area contributed by atoms with Crippen molar-refractivity contribution in [1.82, 2.24) is 10.2 Å². The summed E-state index contributed by atoms with van der Waals surface area (Å²) >= 11 is 0. The van der Waals surface area contributed by atoms with E-state index < -0.39 is 4.92 Å². The summed E-state index contributed by atoms with van der Waals surface area (Å²) < 4.78 is 10.4. The average Bonchev–Trinajstić information content (AvgIpc) is 3.00. The molecule has 0 N–H and O–H groups in total. The summed E-state index contributed by atoms with van der Waals surface area (Å²) in [5.41, 5.74) is 0.531. The molecule has 1 aromatic carbocycles. The highest BCUT2D eigenvalue weighted by molar-refractivity contribution is 5.71. The number of hydrogen-bond donors (Lipinski definition) is 0. The van der Waals surface area contributed by atoms with Gasteiger partial charge in [0.2, 0.25) is 5.89 Å².